The Morgan fingerprint density at radius 2 is 1.83 bits per heavy atom. The third kappa shape index (κ3) is 3.66. The summed E-state index contributed by atoms with van der Waals surface area (Å²) in [5, 5.41) is 12.6. The summed E-state index contributed by atoms with van der Waals surface area (Å²) >= 11 is 7.48. The van der Waals surface area contributed by atoms with Crippen LogP contribution in [0.5, 0.6) is 0 Å². The first-order valence-corrected chi connectivity index (χ1v) is 10.3. The van der Waals surface area contributed by atoms with Gasteiger partial charge in [-0.15, -0.1) is 10.2 Å². The van der Waals surface area contributed by atoms with E-state index in [1.54, 1.807) is 6.07 Å². The maximum atomic E-state index is 12.9. The second-order valence-electron chi connectivity index (χ2n) is 6.72. The van der Waals surface area contributed by atoms with E-state index >= 15 is 0 Å². The molecule has 0 spiro atoms. The SMILES string of the molecule is O=C(Nc1nnc(-c2ccccc2Cl)s1)c1nc(-c2ccccc2)oc1C1CC1. The molecule has 8 heteroatoms. The maximum Gasteiger partial charge on any atom is 0.279 e. The van der Waals surface area contributed by atoms with Crippen LogP contribution in [0.2, 0.25) is 5.02 Å². The Bertz CT molecular complexity index is 1180. The van der Waals surface area contributed by atoms with E-state index in [0.29, 0.717) is 32.5 Å². The zero-order chi connectivity index (χ0) is 19.8. The molecule has 1 N–H and O–H groups in total. The van der Waals surface area contributed by atoms with Crippen molar-refractivity contribution in [2.45, 2.75) is 18.8 Å². The molecule has 1 fully saturated rings. The minimum Gasteiger partial charge on any atom is -0.440 e. The predicted octanol–water partition coefficient (Wildman–Crippen LogP) is 5.64. The first-order chi connectivity index (χ1) is 14.2. The van der Waals surface area contributed by atoms with Gasteiger partial charge in [0.25, 0.3) is 5.91 Å². The summed E-state index contributed by atoms with van der Waals surface area (Å²) in [5.41, 5.74) is 1.92. The van der Waals surface area contributed by atoms with Crippen LogP contribution in [0.1, 0.15) is 35.0 Å². The molecule has 1 aliphatic rings. The number of anilines is 1. The first kappa shape index (κ1) is 18.0. The van der Waals surface area contributed by atoms with Gasteiger partial charge in [0.05, 0.1) is 5.02 Å². The van der Waals surface area contributed by atoms with E-state index in [1.807, 2.05) is 48.5 Å². The van der Waals surface area contributed by atoms with Crippen molar-refractivity contribution >= 4 is 34.0 Å². The van der Waals surface area contributed by atoms with Crippen LogP contribution in [-0.2, 0) is 0 Å². The van der Waals surface area contributed by atoms with Gasteiger partial charge >= 0.3 is 0 Å². The average Bonchev–Trinajstić information content (AvgIpc) is 3.32. The zero-order valence-electron chi connectivity index (χ0n) is 15.1. The van der Waals surface area contributed by atoms with E-state index in [1.165, 1.54) is 11.3 Å². The third-order valence-electron chi connectivity index (χ3n) is 4.59. The van der Waals surface area contributed by atoms with Gasteiger partial charge in [0.15, 0.2) is 10.7 Å². The molecule has 0 bridgehead atoms. The van der Waals surface area contributed by atoms with E-state index < -0.39 is 0 Å². The van der Waals surface area contributed by atoms with Gasteiger partial charge in [0, 0.05) is 17.0 Å². The highest BCUT2D eigenvalue weighted by molar-refractivity contribution is 7.18. The summed E-state index contributed by atoms with van der Waals surface area (Å²) < 4.78 is 5.95. The van der Waals surface area contributed by atoms with Crippen molar-refractivity contribution in [3.63, 3.8) is 0 Å². The molecular weight excluding hydrogens is 408 g/mol. The lowest BCUT2D eigenvalue weighted by atomic mass is 10.2. The molecule has 1 aliphatic carbocycles. The van der Waals surface area contributed by atoms with Crippen molar-refractivity contribution in [1.82, 2.24) is 15.2 Å². The minimum absolute atomic E-state index is 0.244. The van der Waals surface area contributed by atoms with Gasteiger partial charge in [-0.05, 0) is 31.0 Å². The topological polar surface area (TPSA) is 80.9 Å². The number of nitrogens with zero attached hydrogens (tertiary/aromatic N) is 3. The molecule has 144 valence electrons. The van der Waals surface area contributed by atoms with Gasteiger partial charge in [-0.2, -0.15) is 0 Å². The van der Waals surface area contributed by atoms with E-state index in [0.717, 1.165) is 24.0 Å². The highest BCUT2D eigenvalue weighted by Gasteiger charge is 2.34. The summed E-state index contributed by atoms with van der Waals surface area (Å²) in [5.74, 6) is 0.984. The Labute approximate surface area is 175 Å². The number of hydrogen-bond acceptors (Lipinski definition) is 6. The van der Waals surface area contributed by atoms with E-state index in [4.69, 9.17) is 16.0 Å². The molecule has 5 rings (SSSR count). The number of carbonyl (C=O) groups excluding carboxylic acids is 1. The Kier molecular flexibility index (Phi) is 4.61. The van der Waals surface area contributed by atoms with Gasteiger partial charge in [0.2, 0.25) is 11.0 Å². The van der Waals surface area contributed by atoms with E-state index in [2.05, 4.69) is 20.5 Å². The van der Waals surface area contributed by atoms with Crippen molar-refractivity contribution in [3.05, 3.63) is 71.1 Å². The number of nitrogens with one attached hydrogen (secondary N) is 1. The van der Waals surface area contributed by atoms with Crippen LogP contribution in [0, 0.1) is 0 Å². The molecule has 2 aromatic carbocycles. The number of carbonyl (C=O) groups is 1. The minimum atomic E-state index is -0.348. The quantitative estimate of drug-likeness (QED) is 0.450. The van der Waals surface area contributed by atoms with Gasteiger partial charge in [0.1, 0.15) is 5.76 Å². The fourth-order valence-electron chi connectivity index (χ4n) is 2.99. The number of halogens is 1. The molecule has 1 saturated carbocycles. The Morgan fingerprint density at radius 3 is 2.59 bits per heavy atom. The van der Waals surface area contributed by atoms with Crippen molar-refractivity contribution in [3.8, 4) is 22.0 Å². The number of benzene rings is 2. The number of rotatable bonds is 5. The van der Waals surface area contributed by atoms with Crippen molar-refractivity contribution in [1.29, 1.82) is 0 Å². The van der Waals surface area contributed by atoms with Crippen LogP contribution < -0.4 is 5.32 Å². The molecule has 0 radical (unpaired) electrons. The second-order valence-corrected chi connectivity index (χ2v) is 8.10. The molecule has 0 unspecified atom stereocenters. The highest BCUT2D eigenvalue weighted by atomic mass is 35.5. The summed E-state index contributed by atoms with van der Waals surface area (Å²) in [6, 6.07) is 16.9. The van der Waals surface area contributed by atoms with Crippen LogP contribution in [-0.4, -0.2) is 21.1 Å². The monoisotopic (exact) mass is 422 g/mol. The van der Waals surface area contributed by atoms with Gasteiger partial charge in [-0.1, -0.05) is 59.3 Å². The number of amides is 1. The molecule has 1 amide bonds. The molecule has 0 aliphatic heterocycles. The number of oxazole rings is 1. The Morgan fingerprint density at radius 1 is 1.07 bits per heavy atom. The molecule has 2 heterocycles. The van der Waals surface area contributed by atoms with E-state index in [9.17, 15) is 4.79 Å². The van der Waals surface area contributed by atoms with Crippen molar-refractivity contribution in [2.75, 3.05) is 5.32 Å². The lowest BCUT2D eigenvalue weighted by Gasteiger charge is -1.99. The summed E-state index contributed by atoms with van der Waals surface area (Å²) in [6.45, 7) is 0. The molecule has 6 nitrogen and oxygen atoms in total. The Hall–Kier alpha value is -3.03. The second kappa shape index (κ2) is 7.42. The fourth-order valence-corrected chi connectivity index (χ4v) is 4.05. The summed E-state index contributed by atoms with van der Waals surface area (Å²) in [4.78, 5) is 17.4. The first-order valence-electron chi connectivity index (χ1n) is 9.15. The lowest BCUT2D eigenvalue weighted by molar-refractivity contribution is 0.102. The third-order valence-corrected chi connectivity index (χ3v) is 5.79. The summed E-state index contributed by atoms with van der Waals surface area (Å²) in [7, 11) is 0. The van der Waals surface area contributed by atoms with Crippen molar-refractivity contribution < 1.29 is 9.21 Å². The van der Waals surface area contributed by atoms with Crippen LogP contribution in [0.4, 0.5) is 5.13 Å². The number of hydrogen-bond donors (Lipinski definition) is 1. The average molecular weight is 423 g/mol. The molecule has 0 saturated heterocycles. The van der Waals surface area contributed by atoms with Crippen LogP contribution in [0.15, 0.2) is 59.0 Å². The molecular formula is C21H15ClN4O2S. The molecule has 0 atom stereocenters. The number of aromatic nitrogens is 3. The van der Waals surface area contributed by atoms with Gasteiger partial charge < -0.3 is 4.42 Å². The lowest BCUT2D eigenvalue weighted by Crippen LogP contribution is -2.14. The smallest absolute Gasteiger partial charge is 0.279 e. The van der Waals surface area contributed by atoms with Crippen LogP contribution in [0.25, 0.3) is 22.0 Å². The Balaban J connectivity index is 1.42. The van der Waals surface area contributed by atoms with Gasteiger partial charge in [-0.25, -0.2) is 4.98 Å². The van der Waals surface area contributed by atoms with Crippen LogP contribution >= 0.6 is 22.9 Å². The normalized spacial score (nSPS) is 13.4. The molecule has 4 aromatic rings. The van der Waals surface area contributed by atoms with Crippen LogP contribution in [0.3, 0.4) is 0 Å². The van der Waals surface area contributed by atoms with Gasteiger partial charge in [-0.3, -0.25) is 10.1 Å². The van der Waals surface area contributed by atoms with Crippen molar-refractivity contribution in [2.24, 2.45) is 0 Å². The predicted molar refractivity (Wildman–Crippen MR) is 112 cm³/mol. The fraction of sp³-hybridized carbons (Fsp3) is 0.143. The molecule has 2 aromatic heterocycles. The largest absolute Gasteiger partial charge is 0.440 e. The standard InChI is InChI=1S/C21H15ClN4O2S/c22-15-9-5-4-8-14(15)20-25-26-21(29-20)24-18(27)16-17(12-10-11-12)28-19(23-16)13-6-2-1-3-7-13/h1-9,12H,10-11H2,(H,24,26,27). The maximum absolute atomic E-state index is 12.9. The van der Waals surface area contributed by atoms with E-state index in [-0.39, 0.29) is 11.8 Å². The summed E-state index contributed by atoms with van der Waals surface area (Å²) in [6.07, 6.45) is 2.00. The highest BCUT2D eigenvalue weighted by Crippen LogP contribution is 2.43. The molecule has 29 heavy (non-hydrogen) atoms. The zero-order valence-corrected chi connectivity index (χ0v) is 16.7.